The van der Waals surface area contributed by atoms with Gasteiger partial charge in [0.25, 0.3) is 0 Å². The van der Waals surface area contributed by atoms with E-state index in [2.05, 4.69) is 70.4 Å². The van der Waals surface area contributed by atoms with E-state index in [0.29, 0.717) is 8.20 Å². The highest BCUT2D eigenvalue weighted by Gasteiger charge is 2.21. The van der Waals surface area contributed by atoms with Crippen molar-refractivity contribution in [3.63, 3.8) is 0 Å². The smallest absolute Gasteiger partial charge is 0.214 e. The third-order valence-electron chi connectivity index (χ3n) is 5.06. The Morgan fingerprint density at radius 2 is 1.62 bits per heavy atom. The van der Waals surface area contributed by atoms with Crippen LogP contribution in [0.5, 0.6) is 0 Å². The van der Waals surface area contributed by atoms with Gasteiger partial charge in [0.1, 0.15) is 0 Å². The molecule has 0 aliphatic carbocycles. The summed E-state index contributed by atoms with van der Waals surface area (Å²) in [6.07, 6.45) is 15.9. The Hall–Kier alpha value is -2.44. The largest absolute Gasteiger partial charge is 0.354 e. The molecular weight excluding hydrogens is 433 g/mol. The molecule has 1 aromatic heterocycles. The van der Waals surface area contributed by atoms with Gasteiger partial charge in [0, 0.05) is 16.2 Å². The molecule has 3 heteroatoms. The van der Waals surface area contributed by atoms with E-state index in [1.54, 1.807) is 6.08 Å². The Labute approximate surface area is 210 Å². The third-order valence-corrected chi connectivity index (χ3v) is 6.13. The van der Waals surface area contributed by atoms with Gasteiger partial charge in [-0.15, -0.1) is 0 Å². The van der Waals surface area contributed by atoms with Crippen LogP contribution in [-0.4, -0.2) is 15.8 Å². The molecule has 0 spiro atoms. The lowest BCUT2D eigenvalue weighted by molar-refractivity contribution is -0.106. The first-order chi connectivity index (χ1) is 16.5. The molecule has 2 heterocycles. The second-order valence-electron chi connectivity index (χ2n) is 7.68. The standard InChI is InChI=1S/C21H20NOP.2C4H10.C2H6/c1-4-7-15(8-5-2)20-13-17(21(23)24-20)19-12-16-10-9-14(6-3)11-18(16)22-19;2*1-3-4-2;1-2/h4-5,7-13,22H,1,6H2,2-3H3;2*3-4H2,1-2H3;1-2H3/b8-5-,15-7+;;;. The van der Waals surface area contributed by atoms with E-state index in [0.717, 1.165) is 39.5 Å². The van der Waals surface area contributed by atoms with Crippen molar-refractivity contribution in [1.82, 2.24) is 4.98 Å². The fourth-order valence-corrected chi connectivity index (χ4v) is 3.81. The number of allylic oxidation sites excluding steroid dienone is 7. The number of fused-ring (bicyclic) bond motifs is 1. The van der Waals surface area contributed by atoms with Crippen molar-refractivity contribution in [3.05, 3.63) is 78.1 Å². The van der Waals surface area contributed by atoms with Crippen LogP contribution in [0.1, 0.15) is 92.3 Å². The number of aromatic nitrogens is 1. The number of H-pyrrole nitrogens is 1. The number of hydrogen-bond donors (Lipinski definition) is 1. The van der Waals surface area contributed by atoms with Gasteiger partial charge in [0.15, 0.2) is 0 Å². The predicted octanol–water partition coefficient (Wildman–Crippen LogP) is 10.1. The summed E-state index contributed by atoms with van der Waals surface area (Å²) < 4.78 is 0. The fraction of sp³-hybridized carbons (Fsp3) is 0.419. The topological polar surface area (TPSA) is 32.9 Å². The van der Waals surface area contributed by atoms with Gasteiger partial charge < -0.3 is 4.98 Å². The van der Waals surface area contributed by atoms with Crippen molar-refractivity contribution in [3.8, 4) is 0 Å². The van der Waals surface area contributed by atoms with Crippen LogP contribution in [0.2, 0.25) is 0 Å². The van der Waals surface area contributed by atoms with Gasteiger partial charge in [-0.2, -0.15) is 0 Å². The molecule has 1 aromatic carbocycles. The number of benzene rings is 1. The summed E-state index contributed by atoms with van der Waals surface area (Å²) in [5, 5.41) is 2.15. The third kappa shape index (κ3) is 10.2. The van der Waals surface area contributed by atoms with Crippen molar-refractivity contribution in [2.75, 3.05) is 0 Å². The Kier molecular flexibility index (Phi) is 17.6. The van der Waals surface area contributed by atoms with Crippen LogP contribution in [0.4, 0.5) is 0 Å². The highest BCUT2D eigenvalue weighted by molar-refractivity contribution is 7.63. The second-order valence-corrected chi connectivity index (χ2v) is 8.79. The molecule has 1 aliphatic rings. The van der Waals surface area contributed by atoms with Crippen LogP contribution >= 0.6 is 8.20 Å². The zero-order valence-corrected chi connectivity index (χ0v) is 23.7. The van der Waals surface area contributed by atoms with Crippen LogP contribution in [0.25, 0.3) is 16.5 Å². The number of nitrogens with one attached hydrogen (secondary N) is 1. The Morgan fingerprint density at radius 3 is 2.12 bits per heavy atom. The minimum absolute atomic E-state index is 0.131. The SMILES string of the molecule is C=C/C=C(\C=C/C)C1=PC(=O)C(c2cc3ccc(CC)cc3[nH]2)=C1.CC.CCCC.CCCC. The van der Waals surface area contributed by atoms with Crippen LogP contribution in [0.3, 0.4) is 0 Å². The Morgan fingerprint density at radius 1 is 1.00 bits per heavy atom. The first-order valence-electron chi connectivity index (χ1n) is 12.9. The van der Waals surface area contributed by atoms with Gasteiger partial charge in [-0.1, -0.05) is 117 Å². The summed E-state index contributed by atoms with van der Waals surface area (Å²) in [6, 6.07) is 8.46. The van der Waals surface area contributed by atoms with Gasteiger partial charge >= 0.3 is 0 Å². The van der Waals surface area contributed by atoms with Gasteiger partial charge in [-0.25, -0.2) is 0 Å². The lowest BCUT2D eigenvalue weighted by Crippen LogP contribution is -1.92. The average molecular weight is 480 g/mol. The molecule has 0 unspecified atom stereocenters. The van der Waals surface area contributed by atoms with Crippen molar-refractivity contribution >= 4 is 35.5 Å². The van der Waals surface area contributed by atoms with E-state index in [-0.39, 0.29) is 5.52 Å². The van der Waals surface area contributed by atoms with Gasteiger partial charge in [-0.05, 0) is 50.9 Å². The molecule has 3 rings (SSSR count). The second kappa shape index (κ2) is 18.9. The maximum atomic E-state index is 12.5. The summed E-state index contributed by atoms with van der Waals surface area (Å²) in [4.78, 5) is 15.9. The number of aromatic amines is 1. The zero-order valence-electron chi connectivity index (χ0n) is 22.8. The van der Waals surface area contributed by atoms with E-state index in [1.807, 2.05) is 45.1 Å². The molecule has 1 N–H and O–H groups in total. The Balaban J connectivity index is 0.000000934. The summed E-state index contributed by atoms with van der Waals surface area (Å²) in [7, 11) is 0.717. The van der Waals surface area contributed by atoms with Crippen molar-refractivity contribution in [2.45, 2.75) is 87.5 Å². The van der Waals surface area contributed by atoms with Gasteiger partial charge in [0.2, 0.25) is 5.52 Å². The molecule has 2 nitrogen and oxygen atoms in total. The molecule has 1 aliphatic heterocycles. The first-order valence-corrected chi connectivity index (χ1v) is 13.8. The molecule has 0 saturated carbocycles. The van der Waals surface area contributed by atoms with Gasteiger partial charge in [0.05, 0.1) is 11.3 Å². The summed E-state index contributed by atoms with van der Waals surface area (Å²) >= 11 is 0. The van der Waals surface area contributed by atoms with E-state index in [1.165, 1.54) is 31.2 Å². The van der Waals surface area contributed by atoms with Crippen molar-refractivity contribution in [1.29, 1.82) is 0 Å². The minimum atomic E-state index is 0.131. The van der Waals surface area contributed by atoms with Crippen LogP contribution < -0.4 is 0 Å². The number of carbonyl (C=O) groups is 1. The molecule has 34 heavy (non-hydrogen) atoms. The number of unbranched alkanes of at least 4 members (excludes halogenated alkanes) is 2. The summed E-state index contributed by atoms with van der Waals surface area (Å²) in [6.45, 7) is 20.6. The van der Waals surface area contributed by atoms with Crippen LogP contribution in [0, 0.1) is 0 Å². The maximum absolute atomic E-state index is 12.5. The molecule has 0 radical (unpaired) electrons. The van der Waals surface area contributed by atoms with Crippen LogP contribution in [-0.2, 0) is 11.2 Å². The summed E-state index contributed by atoms with van der Waals surface area (Å²) in [5.41, 5.74) is 5.17. The van der Waals surface area contributed by atoms with Gasteiger partial charge in [-0.3, -0.25) is 4.79 Å². The normalized spacial score (nSPS) is 13.2. The van der Waals surface area contributed by atoms with Crippen molar-refractivity contribution < 1.29 is 4.79 Å². The molecule has 0 atom stereocenters. The quantitative estimate of drug-likeness (QED) is 0.311. The predicted molar refractivity (Wildman–Crippen MR) is 158 cm³/mol. The lowest BCUT2D eigenvalue weighted by atomic mass is 10.1. The number of carbonyl (C=O) groups excluding carboxylic acids is 1. The molecule has 186 valence electrons. The minimum Gasteiger partial charge on any atom is -0.354 e. The number of aryl methyl sites for hydroxylation is 1. The Bertz CT molecular complexity index is 994. The van der Waals surface area contributed by atoms with E-state index in [4.69, 9.17) is 0 Å². The highest BCUT2D eigenvalue weighted by atomic mass is 31.1. The molecule has 0 saturated heterocycles. The highest BCUT2D eigenvalue weighted by Crippen LogP contribution is 2.32. The average Bonchev–Trinajstić information content (AvgIpc) is 3.48. The van der Waals surface area contributed by atoms with E-state index in [9.17, 15) is 4.79 Å². The maximum Gasteiger partial charge on any atom is 0.214 e. The summed E-state index contributed by atoms with van der Waals surface area (Å²) in [5.74, 6) is 0. The first kappa shape index (κ1) is 31.6. The molecule has 0 bridgehead atoms. The fourth-order valence-electron chi connectivity index (χ4n) is 2.81. The monoisotopic (exact) mass is 479 g/mol. The number of rotatable bonds is 7. The number of hydrogen-bond acceptors (Lipinski definition) is 1. The van der Waals surface area contributed by atoms with E-state index < -0.39 is 0 Å². The van der Waals surface area contributed by atoms with Crippen molar-refractivity contribution in [2.24, 2.45) is 0 Å². The lowest BCUT2D eigenvalue weighted by Gasteiger charge is -1.98. The van der Waals surface area contributed by atoms with Crippen LogP contribution in [0.15, 0.2) is 66.8 Å². The molecule has 2 aromatic rings. The molecule has 0 amide bonds. The van der Waals surface area contributed by atoms with E-state index >= 15 is 0 Å². The molecule has 0 fully saturated rings. The molecular formula is C31H46NOP. The zero-order chi connectivity index (χ0) is 25.9.